The van der Waals surface area contributed by atoms with E-state index in [0.717, 1.165) is 4.90 Å². The highest BCUT2D eigenvalue weighted by atomic mass is 16.4. The maximum Gasteiger partial charge on any atom is 0.326 e. The van der Waals surface area contributed by atoms with Crippen molar-refractivity contribution >= 4 is 77.1 Å². The van der Waals surface area contributed by atoms with Crippen molar-refractivity contribution in [3.8, 4) is 0 Å². The van der Waals surface area contributed by atoms with Gasteiger partial charge in [0.05, 0.1) is 25.1 Å². The molecular weight excluding hydrogens is 1060 g/mol. The number of guanidine groups is 1. The maximum absolute atomic E-state index is 14.5. The average molecular weight is 1130 g/mol. The molecule has 0 aromatic carbocycles. The first-order valence-electron chi connectivity index (χ1n) is 25.7. The van der Waals surface area contributed by atoms with E-state index in [4.69, 9.17) is 17.2 Å². The second-order valence-electron chi connectivity index (χ2n) is 19.8. The Kier molecular flexibility index (Phi) is 26.4. The molecule has 2 aromatic rings. The number of carboxylic acid groups (broad SMARTS) is 4. The van der Waals surface area contributed by atoms with Crippen LogP contribution in [0.4, 0.5) is 0 Å². The number of likely N-dealkylation sites (tertiary alicyclic amines) is 1. The Labute approximate surface area is 458 Å². The molecule has 1 fully saturated rings. The monoisotopic (exact) mass is 1130 g/mol. The fraction of sp³-hybridized carbons (Fsp3) is 0.604. The van der Waals surface area contributed by atoms with E-state index in [-0.39, 0.29) is 75.8 Å². The van der Waals surface area contributed by atoms with Crippen LogP contribution in [-0.2, 0) is 70.4 Å². The van der Waals surface area contributed by atoms with Gasteiger partial charge in [0.1, 0.15) is 48.3 Å². The van der Waals surface area contributed by atoms with Gasteiger partial charge in [-0.1, -0.05) is 27.7 Å². The molecule has 9 atom stereocenters. The average Bonchev–Trinajstić information content (AvgIpc) is 4.21. The number of rotatable bonds is 35. The number of H-pyrrole nitrogens is 2. The molecule has 3 rings (SSSR count). The molecule has 2 aromatic heterocycles. The number of hydrogen-bond donors (Lipinski definition) is 16. The predicted octanol–water partition coefficient (Wildman–Crippen LogP) is -4.33. The Morgan fingerprint density at radius 3 is 1.57 bits per heavy atom. The molecule has 0 saturated carbocycles. The minimum Gasteiger partial charge on any atom is -0.481 e. The summed E-state index contributed by atoms with van der Waals surface area (Å²) < 4.78 is 0. The molecule has 32 heteroatoms. The minimum absolute atomic E-state index is 0.00376. The van der Waals surface area contributed by atoms with Crippen molar-refractivity contribution in [2.75, 3.05) is 13.1 Å². The summed E-state index contributed by atoms with van der Waals surface area (Å²) in [5, 5.41) is 55.5. The molecule has 19 N–H and O–H groups in total. The standard InChI is InChI=1S/C48H74N16O16/c1-23(2)15-32(46(78)64-14-6-8-34(64)44(76)58-29(10-12-36(67)68)40(72)61-31(18-37(69)70)43(75)63-33(47(79)80)17-26-20-53-22-56-26)62-41(73)28(9-11-35(65)66)57-42(74)30(16-25-19-52-21-55-25)60-39(71)27(7-5-13-54-48(50)51)59-45(77)38(49)24(3)4/h19-24,27-34,38H,5-18,49H2,1-4H3,(H,52,55)(H,53,56)(H,57,74)(H,58,76)(H,59,77)(H,60,71)(H,61,72)(H,62,73)(H,63,75)(H,65,66)(H,67,68)(H,69,70)(H,79,80)(H4,50,51,54)/t27-,28-,29-,30-,31-,32-,33-,34-,38-/m0/s1. The van der Waals surface area contributed by atoms with Crippen molar-refractivity contribution < 1.29 is 78.0 Å². The number of carbonyl (C=O) groups excluding carboxylic acids is 8. The molecule has 3 heterocycles. The SMILES string of the molecule is CC(C)C[C@H](NC(=O)[C@H](CCC(=O)O)NC(=O)[C@H](Cc1cnc[nH]1)NC(=O)[C@H](CCCN=C(N)N)NC(=O)[C@@H](N)C(C)C)C(=O)N1CCC[C@H]1C(=O)N[C@@H](CCC(=O)O)C(=O)N[C@@H](CC(=O)O)C(=O)N[C@@H](Cc1cnc[nH]1)C(=O)O. The highest BCUT2D eigenvalue weighted by Gasteiger charge is 2.41. The molecule has 1 aliphatic rings. The number of nitrogens with zero attached hydrogens (tertiary/aromatic N) is 4. The number of hydrogen-bond acceptors (Lipinski definition) is 16. The van der Waals surface area contributed by atoms with Crippen molar-refractivity contribution in [2.45, 2.75) is 159 Å². The third kappa shape index (κ3) is 22.3. The van der Waals surface area contributed by atoms with E-state index in [1.807, 2.05) is 0 Å². The van der Waals surface area contributed by atoms with Crippen molar-refractivity contribution in [3.05, 3.63) is 36.4 Å². The number of aromatic nitrogens is 4. The van der Waals surface area contributed by atoms with Gasteiger partial charge in [-0.3, -0.25) is 57.7 Å². The lowest BCUT2D eigenvalue weighted by Gasteiger charge is -2.31. The number of amides is 8. The van der Waals surface area contributed by atoms with Crippen molar-refractivity contribution in [1.29, 1.82) is 0 Å². The Hall–Kier alpha value is -8.71. The molecule has 32 nitrogen and oxygen atoms in total. The molecule has 0 spiro atoms. The summed E-state index contributed by atoms with van der Waals surface area (Å²) >= 11 is 0. The van der Waals surface area contributed by atoms with Crippen molar-refractivity contribution in [1.82, 2.24) is 62.1 Å². The van der Waals surface area contributed by atoms with Gasteiger partial charge in [-0.2, -0.15) is 0 Å². The molecule has 8 amide bonds. The van der Waals surface area contributed by atoms with E-state index in [2.05, 4.69) is 62.1 Å². The van der Waals surface area contributed by atoms with Crippen LogP contribution in [0.5, 0.6) is 0 Å². The normalized spacial score (nSPS) is 16.0. The lowest BCUT2D eigenvalue weighted by atomic mass is 10.0. The molecule has 0 radical (unpaired) electrons. The van der Waals surface area contributed by atoms with Crippen LogP contribution in [0.3, 0.4) is 0 Å². The van der Waals surface area contributed by atoms with Crippen LogP contribution in [0.25, 0.3) is 0 Å². The van der Waals surface area contributed by atoms with E-state index >= 15 is 0 Å². The van der Waals surface area contributed by atoms with Crippen molar-refractivity contribution in [2.24, 2.45) is 34.0 Å². The Bertz CT molecular complexity index is 2500. The van der Waals surface area contributed by atoms with Gasteiger partial charge in [-0.25, -0.2) is 14.8 Å². The van der Waals surface area contributed by atoms with Gasteiger partial charge >= 0.3 is 23.9 Å². The van der Waals surface area contributed by atoms with Crippen LogP contribution in [0.2, 0.25) is 0 Å². The van der Waals surface area contributed by atoms with Crippen LogP contribution in [0.15, 0.2) is 30.0 Å². The quantitative estimate of drug-likeness (QED) is 0.0176. The molecule has 0 unspecified atom stereocenters. The number of aliphatic carboxylic acids is 4. The summed E-state index contributed by atoms with van der Waals surface area (Å²) in [6.45, 7) is 6.83. The van der Waals surface area contributed by atoms with Gasteiger partial charge in [0, 0.05) is 62.6 Å². The first kappa shape index (κ1) is 65.6. The van der Waals surface area contributed by atoms with Crippen LogP contribution in [0, 0.1) is 11.8 Å². The zero-order chi connectivity index (χ0) is 59.8. The molecule has 442 valence electrons. The first-order chi connectivity index (χ1) is 37.7. The van der Waals surface area contributed by atoms with Gasteiger partial charge in [0.25, 0.3) is 0 Å². The summed E-state index contributed by atoms with van der Waals surface area (Å²) in [6.07, 6.45) is 1.40. The van der Waals surface area contributed by atoms with Gasteiger partial charge in [0.15, 0.2) is 5.96 Å². The highest BCUT2D eigenvalue weighted by Crippen LogP contribution is 2.22. The molecule has 1 aliphatic heterocycles. The molecule has 0 aliphatic carbocycles. The summed E-state index contributed by atoms with van der Waals surface area (Å²) in [7, 11) is 0. The third-order valence-electron chi connectivity index (χ3n) is 12.5. The number of nitrogens with two attached hydrogens (primary N) is 3. The van der Waals surface area contributed by atoms with E-state index < -0.39 is 158 Å². The minimum atomic E-state index is -1.93. The van der Waals surface area contributed by atoms with Crippen molar-refractivity contribution in [3.63, 3.8) is 0 Å². The topological polar surface area (TPSA) is 521 Å². The van der Waals surface area contributed by atoms with Crippen LogP contribution < -0.4 is 54.4 Å². The number of aromatic amines is 2. The number of aliphatic imine (C=N–C) groups is 1. The predicted molar refractivity (Wildman–Crippen MR) is 279 cm³/mol. The smallest absolute Gasteiger partial charge is 0.326 e. The Morgan fingerprint density at radius 2 is 1.09 bits per heavy atom. The summed E-state index contributed by atoms with van der Waals surface area (Å²) in [6, 6.07) is -13.5. The second-order valence-corrected chi connectivity index (χ2v) is 19.8. The lowest BCUT2D eigenvalue weighted by Crippen LogP contribution is -2.60. The number of carboxylic acids is 4. The molecule has 0 bridgehead atoms. The number of imidazole rings is 2. The number of carbonyl (C=O) groups is 12. The van der Waals surface area contributed by atoms with Crippen LogP contribution in [0.1, 0.15) is 103 Å². The van der Waals surface area contributed by atoms with Crippen LogP contribution in [-0.4, -0.2) is 190 Å². The highest BCUT2D eigenvalue weighted by molar-refractivity contribution is 5.99. The van der Waals surface area contributed by atoms with E-state index in [0.29, 0.717) is 11.4 Å². The second kappa shape index (κ2) is 32.3. The Balaban J connectivity index is 1.89. The fourth-order valence-corrected chi connectivity index (χ4v) is 8.27. The van der Waals surface area contributed by atoms with Crippen LogP contribution >= 0.6 is 0 Å². The summed E-state index contributed by atoms with van der Waals surface area (Å²) in [5.74, 6) is -14.5. The van der Waals surface area contributed by atoms with E-state index in [1.54, 1.807) is 27.7 Å². The van der Waals surface area contributed by atoms with E-state index in [1.165, 1.54) is 25.0 Å². The van der Waals surface area contributed by atoms with Gasteiger partial charge < -0.3 is 89.7 Å². The lowest BCUT2D eigenvalue weighted by molar-refractivity contribution is -0.144. The van der Waals surface area contributed by atoms with Gasteiger partial charge in [-0.15, -0.1) is 0 Å². The maximum atomic E-state index is 14.5. The Morgan fingerprint density at radius 1 is 0.625 bits per heavy atom. The first-order valence-corrected chi connectivity index (χ1v) is 25.7. The molecule has 80 heavy (non-hydrogen) atoms. The van der Waals surface area contributed by atoms with E-state index in [9.17, 15) is 78.0 Å². The third-order valence-corrected chi connectivity index (χ3v) is 12.5. The zero-order valence-corrected chi connectivity index (χ0v) is 44.8. The van der Waals surface area contributed by atoms with Gasteiger partial charge in [-0.05, 0) is 56.8 Å². The largest absolute Gasteiger partial charge is 0.481 e. The molecule has 1 saturated heterocycles. The summed E-state index contributed by atoms with van der Waals surface area (Å²) in [4.78, 5) is 177. The number of nitrogens with one attached hydrogen (secondary N) is 9. The van der Waals surface area contributed by atoms with Gasteiger partial charge in [0.2, 0.25) is 47.3 Å². The summed E-state index contributed by atoms with van der Waals surface area (Å²) in [5.41, 5.74) is 17.6. The fourth-order valence-electron chi connectivity index (χ4n) is 8.27. The molecular formula is C48H74N16O16. The zero-order valence-electron chi connectivity index (χ0n) is 44.8.